The maximum atomic E-state index is 5.27. The van der Waals surface area contributed by atoms with Gasteiger partial charge in [0, 0.05) is 22.4 Å². The van der Waals surface area contributed by atoms with Gasteiger partial charge in [0.25, 0.3) is 0 Å². The third-order valence-corrected chi connectivity index (χ3v) is 4.73. The maximum absolute atomic E-state index is 5.27. The van der Waals surface area contributed by atoms with Crippen LogP contribution >= 0.6 is 11.8 Å². The highest BCUT2D eigenvalue weighted by molar-refractivity contribution is 7.99. The summed E-state index contributed by atoms with van der Waals surface area (Å²) in [5.41, 5.74) is 2.76. The number of aryl methyl sites for hydroxylation is 1. The molecule has 0 atom stereocenters. The standard InChI is InChI=1S/C18H21NOS/c1-13-10-18(9-6-14(13)12-19-15-7-8-15)21-17-5-3-4-16(11-17)20-2/h3-6,9-11,15,19H,7-8,12H2,1-2H3. The summed E-state index contributed by atoms with van der Waals surface area (Å²) in [6.07, 6.45) is 2.67. The predicted molar refractivity (Wildman–Crippen MR) is 88.2 cm³/mol. The van der Waals surface area contributed by atoms with E-state index in [0.29, 0.717) is 0 Å². The van der Waals surface area contributed by atoms with E-state index in [2.05, 4.69) is 42.6 Å². The zero-order valence-corrected chi connectivity index (χ0v) is 13.4. The van der Waals surface area contributed by atoms with Crippen LogP contribution in [-0.4, -0.2) is 13.2 Å². The van der Waals surface area contributed by atoms with Gasteiger partial charge in [0.1, 0.15) is 5.75 Å². The molecule has 110 valence electrons. The number of ether oxygens (including phenoxy) is 1. The van der Waals surface area contributed by atoms with E-state index in [-0.39, 0.29) is 0 Å². The Labute approximate surface area is 130 Å². The fourth-order valence-corrected chi connectivity index (χ4v) is 3.24. The molecular weight excluding hydrogens is 278 g/mol. The van der Waals surface area contributed by atoms with Gasteiger partial charge in [0.15, 0.2) is 0 Å². The van der Waals surface area contributed by atoms with E-state index in [4.69, 9.17) is 4.74 Å². The molecule has 1 N–H and O–H groups in total. The lowest BCUT2D eigenvalue weighted by molar-refractivity contribution is 0.413. The van der Waals surface area contributed by atoms with Crippen molar-refractivity contribution in [2.24, 2.45) is 0 Å². The maximum Gasteiger partial charge on any atom is 0.119 e. The Morgan fingerprint density at radius 2 is 1.95 bits per heavy atom. The number of hydrogen-bond donors (Lipinski definition) is 1. The molecule has 0 aromatic heterocycles. The molecule has 2 aromatic rings. The quantitative estimate of drug-likeness (QED) is 0.854. The number of hydrogen-bond acceptors (Lipinski definition) is 3. The van der Waals surface area contributed by atoms with E-state index >= 15 is 0 Å². The SMILES string of the molecule is COc1cccc(Sc2ccc(CNC3CC3)c(C)c2)c1. The monoisotopic (exact) mass is 299 g/mol. The van der Waals surface area contributed by atoms with Crippen molar-refractivity contribution in [1.82, 2.24) is 5.32 Å². The van der Waals surface area contributed by atoms with Gasteiger partial charge in [-0.1, -0.05) is 23.9 Å². The van der Waals surface area contributed by atoms with Crippen molar-refractivity contribution in [3.63, 3.8) is 0 Å². The summed E-state index contributed by atoms with van der Waals surface area (Å²) in [6.45, 7) is 3.18. The Bertz CT molecular complexity index is 622. The van der Waals surface area contributed by atoms with Crippen LogP contribution in [0.25, 0.3) is 0 Å². The van der Waals surface area contributed by atoms with Crippen molar-refractivity contribution in [2.75, 3.05) is 7.11 Å². The molecule has 1 aliphatic carbocycles. The van der Waals surface area contributed by atoms with Crippen molar-refractivity contribution in [3.05, 3.63) is 53.6 Å². The molecule has 0 bridgehead atoms. The van der Waals surface area contributed by atoms with Crippen molar-refractivity contribution < 1.29 is 4.74 Å². The van der Waals surface area contributed by atoms with Crippen LogP contribution in [0.1, 0.15) is 24.0 Å². The van der Waals surface area contributed by atoms with Crippen LogP contribution in [0.5, 0.6) is 5.75 Å². The molecule has 0 heterocycles. The third kappa shape index (κ3) is 4.02. The Balaban J connectivity index is 1.68. The minimum atomic E-state index is 0.759. The van der Waals surface area contributed by atoms with Crippen LogP contribution in [0.15, 0.2) is 52.3 Å². The lowest BCUT2D eigenvalue weighted by atomic mass is 10.1. The first-order chi connectivity index (χ1) is 10.2. The molecular formula is C18H21NOS. The number of nitrogens with one attached hydrogen (secondary N) is 1. The molecule has 2 nitrogen and oxygen atoms in total. The predicted octanol–water partition coefficient (Wildman–Crippen LogP) is 4.41. The van der Waals surface area contributed by atoms with Gasteiger partial charge < -0.3 is 10.1 Å². The van der Waals surface area contributed by atoms with E-state index in [1.807, 2.05) is 12.1 Å². The summed E-state index contributed by atoms with van der Waals surface area (Å²) >= 11 is 1.78. The minimum Gasteiger partial charge on any atom is -0.497 e. The molecule has 0 saturated heterocycles. The van der Waals surface area contributed by atoms with Crippen LogP contribution in [0.2, 0.25) is 0 Å². The summed E-state index contributed by atoms with van der Waals surface area (Å²) in [6, 6.07) is 15.7. The zero-order chi connectivity index (χ0) is 14.7. The number of methoxy groups -OCH3 is 1. The normalized spacial score (nSPS) is 14.2. The second-order valence-corrected chi connectivity index (χ2v) is 6.67. The van der Waals surface area contributed by atoms with E-state index < -0.39 is 0 Å². The lowest BCUT2D eigenvalue weighted by Crippen LogP contribution is -2.15. The first-order valence-electron chi connectivity index (χ1n) is 7.39. The molecule has 21 heavy (non-hydrogen) atoms. The average molecular weight is 299 g/mol. The molecule has 3 rings (SSSR count). The number of rotatable bonds is 6. The average Bonchev–Trinajstić information content (AvgIpc) is 3.31. The van der Waals surface area contributed by atoms with Gasteiger partial charge in [-0.05, 0) is 61.2 Å². The van der Waals surface area contributed by atoms with Crippen LogP contribution in [0, 0.1) is 6.92 Å². The summed E-state index contributed by atoms with van der Waals surface area (Å²) in [4.78, 5) is 2.48. The fourth-order valence-electron chi connectivity index (χ4n) is 2.27. The summed E-state index contributed by atoms with van der Waals surface area (Å²) in [5.74, 6) is 0.905. The van der Waals surface area contributed by atoms with E-state index in [1.165, 1.54) is 33.8 Å². The Kier molecular flexibility index (Phi) is 4.51. The molecule has 1 saturated carbocycles. The molecule has 0 spiro atoms. The third-order valence-electron chi connectivity index (χ3n) is 3.75. The van der Waals surface area contributed by atoms with Crippen molar-refractivity contribution in [1.29, 1.82) is 0 Å². The van der Waals surface area contributed by atoms with Gasteiger partial charge in [-0.25, -0.2) is 0 Å². The largest absolute Gasteiger partial charge is 0.497 e. The topological polar surface area (TPSA) is 21.3 Å². The van der Waals surface area contributed by atoms with E-state index in [1.54, 1.807) is 18.9 Å². The second-order valence-electron chi connectivity index (χ2n) is 5.52. The van der Waals surface area contributed by atoms with Crippen LogP contribution in [0.3, 0.4) is 0 Å². The van der Waals surface area contributed by atoms with Crippen LogP contribution in [-0.2, 0) is 6.54 Å². The molecule has 0 amide bonds. The molecule has 0 radical (unpaired) electrons. The Morgan fingerprint density at radius 1 is 1.14 bits per heavy atom. The van der Waals surface area contributed by atoms with Gasteiger partial charge >= 0.3 is 0 Å². The summed E-state index contributed by atoms with van der Waals surface area (Å²) < 4.78 is 5.27. The molecule has 3 heteroatoms. The Hall–Kier alpha value is -1.45. The lowest BCUT2D eigenvalue weighted by Gasteiger charge is -2.10. The molecule has 1 fully saturated rings. The smallest absolute Gasteiger partial charge is 0.119 e. The minimum absolute atomic E-state index is 0.759. The molecule has 0 aliphatic heterocycles. The molecule has 0 unspecified atom stereocenters. The highest BCUT2D eigenvalue weighted by Crippen LogP contribution is 2.31. The Morgan fingerprint density at radius 3 is 2.67 bits per heavy atom. The van der Waals surface area contributed by atoms with Crippen molar-refractivity contribution >= 4 is 11.8 Å². The van der Waals surface area contributed by atoms with Gasteiger partial charge in [-0.2, -0.15) is 0 Å². The van der Waals surface area contributed by atoms with Gasteiger partial charge in [0.05, 0.1) is 7.11 Å². The van der Waals surface area contributed by atoms with E-state index in [9.17, 15) is 0 Å². The first kappa shape index (κ1) is 14.5. The first-order valence-corrected chi connectivity index (χ1v) is 8.21. The zero-order valence-electron chi connectivity index (χ0n) is 12.6. The van der Waals surface area contributed by atoms with Crippen molar-refractivity contribution in [2.45, 2.75) is 42.1 Å². The molecule has 1 aliphatic rings. The van der Waals surface area contributed by atoms with Crippen LogP contribution < -0.4 is 10.1 Å². The van der Waals surface area contributed by atoms with Gasteiger partial charge in [-0.15, -0.1) is 0 Å². The van der Waals surface area contributed by atoms with E-state index in [0.717, 1.165) is 18.3 Å². The number of benzene rings is 2. The fraction of sp³-hybridized carbons (Fsp3) is 0.333. The van der Waals surface area contributed by atoms with Gasteiger partial charge in [0.2, 0.25) is 0 Å². The second kappa shape index (κ2) is 6.54. The van der Waals surface area contributed by atoms with Crippen LogP contribution in [0.4, 0.5) is 0 Å². The van der Waals surface area contributed by atoms with Crippen molar-refractivity contribution in [3.8, 4) is 5.75 Å². The highest BCUT2D eigenvalue weighted by atomic mass is 32.2. The molecule has 2 aromatic carbocycles. The highest BCUT2D eigenvalue weighted by Gasteiger charge is 2.20. The summed E-state index contributed by atoms with van der Waals surface area (Å²) in [7, 11) is 1.70. The summed E-state index contributed by atoms with van der Waals surface area (Å²) in [5, 5.41) is 3.57. The van der Waals surface area contributed by atoms with Gasteiger partial charge in [-0.3, -0.25) is 0 Å².